The molecule has 5 nitrogen and oxygen atoms in total. The van der Waals surface area contributed by atoms with Crippen molar-refractivity contribution >= 4 is 17.6 Å². The summed E-state index contributed by atoms with van der Waals surface area (Å²) in [6.07, 6.45) is 1.64. The van der Waals surface area contributed by atoms with Crippen LogP contribution in [0.1, 0.15) is 46.1 Å². The standard InChI is InChI=1S/C19H27N3O2/c1-7-12-21-18(24)22(17(23)16(20-21)19(4,5)6)15-10-8-14(9-11-15)13(2)3/h7-11,13,16,20H,1,12H2,2-6H3. The maximum absolute atomic E-state index is 12.9. The van der Waals surface area contributed by atoms with Crippen LogP contribution < -0.4 is 10.3 Å². The third kappa shape index (κ3) is 3.51. The molecular formula is C19H27N3O2. The highest BCUT2D eigenvalue weighted by Crippen LogP contribution is 2.29. The quantitative estimate of drug-likeness (QED) is 0.857. The minimum atomic E-state index is -0.486. The molecule has 1 aromatic carbocycles. The lowest BCUT2D eigenvalue weighted by Crippen LogP contribution is -2.68. The number of nitrogens with zero attached hydrogens (tertiary/aromatic N) is 2. The molecule has 1 N–H and O–H groups in total. The summed E-state index contributed by atoms with van der Waals surface area (Å²) in [4.78, 5) is 26.9. The van der Waals surface area contributed by atoms with Gasteiger partial charge in [0.25, 0.3) is 5.91 Å². The highest BCUT2D eigenvalue weighted by atomic mass is 16.2. The predicted molar refractivity (Wildman–Crippen MR) is 96.7 cm³/mol. The molecule has 5 heteroatoms. The Bertz CT molecular complexity index is 629. The second-order valence-corrected chi connectivity index (χ2v) is 7.53. The zero-order valence-corrected chi connectivity index (χ0v) is 15.2. The van der Waals surface area contributed by atoms with Gasteiger partial charge >= 0.3 is 6.03 Å². The van der Waals surface area contributed by atoms with Gasteiger partial charge < -0.3 is 0 Å². The van der Waals surface area contributed by atoms with Crippen LogP contribution in [-0.4, -0.2) is 29.5 Å². The Hall–Kier alpha value is -2.14. The summed E-state index contributed by atoms with van der Waals surface area (Å²) in [6, 6.07) is 6.74. The number of carbonyl (C=O) groups excluding carboxylic acids is 2. The van der Waals surface area contributed by atoms with Crippen LogP contribution in [0.4, 0.5) is 10.5 Å². The Labute approximate surface area is 144 Å². The first-order valence-corrected chi connectivity index (χ1v) is 8.29. The van der Waals surface area contributed by atoms with E-state index in [2.05, 4.69) is 25.9 Å². The van der Waals surface area contributed by atoms with Crippen molar-refractivity contribution in [2.24, 2.45) is 5.41 Å². The molecule has 1 atom stereocenters. The number of rotatable bonds is 4. The van der Waals surface area contributed by atoms with Gasteiger partial charge in [-0.25, -0.2) is 15.1 Å². The zero-order chi connectivity index (χ0) is 18.1. The van der Waals surface area contributed by atoms with Crippen LogP contribution in [0, 0.1) is 5.41 Å². The highest BCUT2D eigenvalue weighted by Gasteiger charge is 2.44. The Kier molecular flexibility index (Phi) is 5.13. The lowest BCUT2D eigenvalue weighted by Gasteiger charge is -2.43. The maximum Gasteiger partial charge on any atom is 0.346 e. The van der Waals surface area contributed by atoms with Crippen molar-refractivity contribution in [2.45, 2.75) is 46.6 Å². The number of hydrogen-bond donors (Lipinski definition) is 1. The van der Waals surface area contributed by atoms with Crippen LogP contribution in [0.2, 0.25) is 0 Å². The van der Waals surface area contributed by atoms with Crippen LogP contribution >= 0.6 is 0 Å². The second kappa shape index (κ2) is 6.77. The Morgan fingerprint density at radius 2 is 1.79 bits per heavy atom. The third-order valence-electron chi connectivity index (χ3n) is 4.17. The van der Waals surface area contributed by atoms with Crippen molar-refractivity contribution < 1.29 is 9.59 Å². The first-order valence-electron chi connectivity index (χ1n) is 8.29. The van der Waals surface area contributed by atoms with E-state index in [1.54, 1.807) is 6.08 Å². The molecule has 0 aliphatic carbocycles. The number of hydrogen-bond acceptors (Lipinski definition) is 3. The first kappa shape index (κ1) is 18.2. The van der Waals surface area contributed by atoms with Crippen molar-refractivity contribution in [3.8, 4) is 0 Å². The molecular weight excluding hydrogens is 302 g/mol. The molecule has 130 valence electrons. The SMILES string of the molecule is C=CCN1NC(C(C)(C)C)C(=O)N(c2ccc(C(C)C)cc2)C1=O. The lowest BCUT2D eigenvalue weighted by molar-refractivity contribution is -0.125. The van der Waals surface area contributed by atoms with Gasteiger partial charge in [-0.3, -0.25) is 9.80 Å². The Morgan fingerprint density at radius 3 is 2.25 bits per heavy atom. The van der Waals surface area contributed by atoms with E-state index in [9.17, 15) is 9.59 Å². The van der Waals surface area contributed by atoms with Gasteiger partial charge in [0.05, 0.1) is 12.2 Å². The van der Waals surface area contributed by atoms with E-state index in [1.807, 2.05) is 45.0 Å². The molecule has 0 radical (unpaired) electrons. The number of carbonyl (C=O) groups is 2. The Morgan fingerprint density at radius 1 is 1.21 bits per heavy atom. The number of benzene rings is 1. The van der Waals surface area contributed by atoms with E-state index in [1.165, 1.54) is 15.5 Å². The largest absolute Gasteiger partial charge is 0.346 e. The normalized spacial score (nSPS) is 19.2. The van der Waals surface area contributed by atoms with E-state index >= 15 is 0 Å². The third-order valence-corrected chi connectivity index (χ3v) is 4.17. The van der Waals surface area contributed by atoms with E-state index < -0.39 is 6.04 Å². The molecule has 1 aromatic rings. The fourth-order valence-corrected chi connectivity index (χ4v) is 2.68. The van der Waals surface area contributed by atoms with Crippen molar-refractivity contribution in [1.29, 1.82) is 0 Å². The minimum Gasteiger partial charge on any atom is -0.272 e. The average Bonchev–Trinajstić information content (AvgIpc) is 2.49. The predicted octanol–water partition coefficient (Wildman–Crippen LogP) is 3.68. The molecule has 0 saturated carbocycles. The summed E-state index contributed by atoms with van der Waals surface area (Å²) in [5.74, 6) is 0.165. The van der Waals surface area contributed by atoms with Gasteiger partial charge in [-0.15, -0.1) is 6.58 Å². The fourth-order valence-electron chi connectivity index (χ4n) is 2.68. The van der Waals surface area contributed by atoms with Crippen LogP contribution in [-0.2, 0) is 4.79 Å². The van der Waals surface area contributed by atoms with Crippen LogP contribution in [0.25, 0.3) is 0 Å². The minimum absolute atomic E-state index is 0.231. The van der Waals surface area contributed by atoms with Gasteiger partial charge in [-0.05, 0) is 29.0 Å². The van der Waals surface area contributed by atoms with E-state index in [0.29, 0.717) is 18.2 Å². The molecule has 0 spiro atoms. The smallest absolute Gasteiger partial charge is 0.272 e. The van der Waals surface area contributed by atoms with Crippen LogP contribution in [0.3, 0.4) is 0 Å². The number of hydrazine groups is 1. The molecule has 1 fully saturated rings. The summed E-state index contributed by atoms with van der Waals surface area (Å²) in [5.41, 5.74) is 4.49. The Balaban J connectivity index is 2.41. The molecule has 1 saturated heterocycles. The van der Waals surface area contributed by atoms with Crippen molar-refractivity contribution in [3.05, 3.63) is 42.5 Å². The molecule has 0 bridgehead atoms. The zero-order valence-electron chi connectivity index (χ0n) is 15.2. The molecule has 1 aliphatic rings. The maximum atomic E-state index is 12.9. The van der Waals surface area contributed by atoms with Crippen molar-refractivity contribution in [1.82, 2.24) is 10.4 Å². The molecule has 1 unspecified atom stereocenters. The molecule has 0 aromatic heterocycles. The monoisotopic (exact) mass is 329 g/mol. The van der Waals surface area contributed by atoms with Gasteiger partial charge in [0.15, 0.2) is 0 Å². The number of amides is 3. The highest BCUT2D eigenvalue weighted by molar-refractivity contribution is 6.17. The summed E-state index contributed by atoms with van der Waals surface area (Å²) in [7, 11) is 0. The number of nitrogens with one attached hydrogen (secondary N) is 1. The molecule has 24 heavy (non-hydrogen) atoms. The van der Waals surface area contributed by atoms with Crippen molar-refractivity contribution in [3.63, 3.8) is 0 Å². The summed E-state index contributed by atoms with van der Waals surface area (Å²) in [6.45, 7) is 14.2. The van der Waals surface area contributed by atoms with E-state index in [4.69, 9.17) is 0 Å². The molecule has 2 rings (SSSR count). The van der Waals surface area contributed by atoms with Crippen LogP contribution in [0.5, 0.6) is 0 Å². The van der Waals surface area contributed by atoms with E-state index in [-0.39, 0.29) is 17.4 Å². The van der Waals surface area contributed by atoms with Gasteiger partial charge in [-0.2, -0.15) is 0 Å². The summed E-state index contributed by atoms with van der Waals surface area (Å²) >= 11 is 0. The first-order chi connectivity index (χ1) is 11.2. The van der Waals surface area contributed by atoms with E-state index in [0.717, 1.165) is 0 Å². The second-order valence-electron chi connectivity index (χ2n) is 7.53. The summed E-state index contributed by atoms with van der Waals surface area (Å²) < 4.78 is 0. The lowest BCUT2D eigenvalue weighted by atomic mass is 9.85. The summed E-state index contributed by atoms with van der Waals surface area (Å²) in [5, 5.41) is 1.45. The average molecular weight is 329 g/mol. The van der Waals surface area contributed by atoms with Crippen LogP contribution in [0.15, 0.2) is 36.9 Å². The molecule has 3 amide bonds. The topological polar surface area (TPSA) is 52.7 Å². The fraction of sp³-hybridized carbons (Fsp3) is 0.474. The van der Waals surface area contributed by atoms with Gasteiger partial charge in [0.1, 0.15) is 6.04 Å². The van der Waals surface area contributed by atoms with Gasteiger partial charge in [0.2, 0.25) is 0 Å². The molecule has 1 aliphatic heterocycles. The van der Waals surface area contributed by atoms with Gasteiger partial charge in [0, 0.05) is 0 Å². The number of imide groups is 1. The van der Waals surface area contributed by atoms with Gasteiger partial charge in [-0.1, -0.05) is 52.8 Å². The van der Waals surface area contributed by atoms with Crippen molar-refractivity contribution in [2.75, 3.05) is 11.4 Å². The number of anilines is 1. The number of urea groups is 1. The molecule has 1 heterocycles.